The summed E-state index contributed by atoms with van der Waals surface area (Å²) < 4.78 is 41.9. The zero-order chi connectivity index (χ0) is 12.2. The molecule has 0 spiro atoms. The predicted molar refractivity (Wildman–Crippen MR) is 53.5 cm³/mol. The van der Waals surface area contributed by atoms with Gasteiger partial charge in [0.1, 0.15) is 0 Å². The maximum absolute atomic E-state index is 12.3. The first kappa shape index (κ1) is 12.7. The number of aromatic hydroxyl groups is 1. The molecule has 0 saturated carbocycles. The second-order valence-corrected chi connectivity index (χ2v) is 3.38. The number of hydrogen-bond acceptors (Lipinski definition) is 2. The van der Waals surface area contributed by atoms with Crippen molar-refractivity contribution in [3.8, 4) is 11.5 Å². The lowest BCUT2D eigenvalue weighted by molar-refractivity contribution is -0.137. The molecule has 16 heavy (non-hydrogen) atoms. The monoisotopic (exact) mass is 234 g/mol. The highest BCUT2D eigenvalue weighted by Crippen LogP contribution is 2.35. The molecule has 0 saturated heterocycles. The van der Waals surface area contributed by atoms with Crippen LogP contribution in [0.2, 0.25) is 0 Å². The van der Waals surface area contributed by atoms with Gasteiger partial charge in [-0.15, -0.1) is 0 Å². The average molecular weight is 234 g/mol. The third kappa shape index (κ3) is 3.32. The Morgan fingerprint density at radius 3 is 2.50 bits per heavy atom. The maximum Gasteiger partial charge on any atom is 0.416 e. The topological polar surface area (TPSA) is 29.5 Å². The van der Waals surface area contributed by atoms with E-state index in [-0.39, 0.29) is 5.75 Å². The van der Waals surface area contributed by atoms with Crippen molar-refractivity contribution < 1.29 is 23.0 Å². The number of benzene rings is 1. The fraction of sp³-hybridized carbons (Fsp3) is 0.455. The van der Waals surface area contributed by atoms with Gasteiger partial charge in [0.15, 0.2) is 11.5 Å². The Kier molecular flexibility index (Phi) is 4.04. The van der Waals surface area contributed by atoms with Crippen molar-refractivity contribution in [2.45, 2.75) is 25.9 Å². The highest BCUT2D eigenvalue weighted by molar-refractivity contribution is 5.42. The van der Waals surface area contributed by atoms with Crippen LogP contribution in [0.15, 0.2) is 18.2 Å². The van der Waals surface area contributed by atoms with Crippen molar-refractivity contribution in [1.29, 1.82) is 0 Å². The van der Waals surface area contributed by atoms with Crippen LogP contribution in [0.4, 0.5) is 13.2 Å². The Morgan fingerprint density at radius 2 is 2.00 bits per heavy atom. The van der Waals surface area contributed by atoms with Gasteiger partial charge in [0, 0.05) is 0 Å². The van der Waals surface area contributed by atoms with Crippen LogP contribution in [0.25, 0.3) is 0 Å². The van der Waals surface area contributed by atoms with Crippen molar-refractivity contribution in [2.24, 2.45) is 0 Å². The van der Waals surface area contributed by atoms with Crippen molar-refractivity contribution in [3.05, 3.63) is 23.8 Å². The summed E-state index contributed by atoms with van der Waals surface area (Å²) >= 11 is 0. The van der Waals surface area contributed by atoms with E-state index in [4.69, 9.17) is 4.74 Å². The summed E-state index contributed by atoms with van der Waals surface area (Å²) in [5.74, 6) is -0.396. The lowest BCUT2D eigenvalue weighted by Gasteiger charge is -2.10. The van der Waals surface area contributed by atoms with Gasteiger partial charge in [-0.1, -0.05) is 13.3 Å². The number of rotatable bonds is 4. The molecule has 0 bridgehead atoms. The van der Waals surface area contributed by atoms with E-state index in [1.165, 1.54) is 0 Å². The lowest BCUT2D eigenvalue weighted by Crippen LogP contribution is -2.05. The Morgan fingerprint density at radius 1 is 1.31 bits per heavy atom. The Labute approximate surface area is 91.7 Å². The maximum atomic E-state index is 12.3. The van der Waals surface area contributed by atoms with Crippen LogP contribution >= 0.6 is 0 Å². The molecule has 1 aromatic rings. The molecule has 5 heteroatoms. The largest absolute Gasteiger partial charge is 0.504 e. The van der Waals surface area contributed by atoms with E-state index in [0.717, 1.165) is 25.0 Å². The summed E-state index contributed by atoms with van der Waals surface area (Å²) in [5.41, 5.74) is -0.882. The van der Waals surface area contributed by atoms with Crippen LogP contribution < -0.4 is 4.74 Å². The minimum Gasteiger partial charge on any atom is -0.504 e. The van der Waals surface area contributed by atoms with Gasteiger partial charge in [-0.25, -0.2) is 0 Å². The minimum atomic E-state index is -4.45. The van der Waals surface area contributed by atoms with Crippen molar-refractivity contribution in [2.75, 3.05) is 6.61 Å². The molecule has 0 aliphatic heterocycles. The molecule has 0 aliphatic carbocycles. The lowest BCUT2D eigenvalue weighted by atomic mass is 10.2. The van der Waals surface area contributed by atoms with E-state index >= 15 is 0 Å². The summed E-state index contributed by atoms with van der Waals surface area (Å²) in [4.78, 5) is 0. The molecular weight excluding hydrogens is 221 g/mol. The Hall–Kier alpha value is -1.39. The number of ether oxygens (including phenoxy) is 1. The number of hydrogen-bond donors (Lipinski definition) is 1. The first-order valence-corrected chi connectivity index (χ1v) is 4.98. The number of phenolic OH excluding ortho intramolecular Hbond substituents is 1. The highest BCUT2D eigenvalue weighted by atomic mass is 19.4. The van der Waals surface area contributed by atoms with Gasteiger partial charge < -0.3 is 9.84 Å². The van der Waals surface area contributed by atoms with E-state index < -0.39 is 17.5 Å². The highest BCUT2D eigenvalue weighted by Gasteiger charge is 2.31. The van der Waals surface area contributed by atoms with Crippen molar-refractivity contribution in [3.63, 3.8) is 0 Å². The van der Waals surface area contributed by atoms with E-state index in [1.807, 2.05) is 6.92 Å². The molecular formula is C11H13F3O2. The zero-order valence-corrected chi connectivity index (χ0v) is 8.84. The number of alkyl halides is 3. The van der Waals surface area contributed by atoms with E-state index in [2.05, 4.69) is 0 Å². The molecule has 1 N–H and O–H groups in total. The molecule has 0 radical (unpaired) electrons. The van der Waals surface area contributed by atoms with E-state index in [0.29, 0.717) is 12.7 Å². The molecule has 0 fully saturated rings. The van der Waals surface area contributed by atoms with Gasteiger partial charge in [-0.2, -0.15) is 13.2 Å². The predicted octanol–water partition coefficient (Wildman–Crippen LogP) is 3.59. The summed E-state index contributed by atoms with van der Waals surface area (Å²) in [5, 5.41) is 9.33. The first-order valence-electron chi connectivity index (χ1n) is 4.98. The van der Waals surface area contributed by atoms with Gasteiger partial charge >= 0.3 is 6.18 Å². The molecule has 0 atom stereocenters. The van der Waals surface area contributed by atoms with Crippen LogP contribution in [0.5, 0.6) is 11.5 Å². The van der Waals surface area contributed by atoms with Crippen molar-refractivity contribution >= 4 is 0 Å². The van der Waals surface area contributed by atoms with E-state index in [1.54, 1.807) is 0 Å². The second kappa shape index (κ2) is 5.09. The van der Waals surface area contributed by atoms with Crippen LogP contribution in [-0.2, 0) is 6.18 Å². The normalized spacial score (nSPS) is 11.5. The van der Waals surface area contributed by atoms with Gasteiger partial charge in [0.05, 0.1) is 12.2 Å². The van der Waals surface area contributed by atoms with Gasteiger partial charge in [-0.05, 0) is 24.6 Å². The molecule has 1 aromatic carbocycles. The SMILES string of the molecule is CCCCOc1ccc(C(F)(F)F)cc1O. The molecule has 90 valence electrons. The Balaban J connectivity index is 2.76. The minimum absolute atomic E-state index is 0.0847. The smallest absolute Gasteiger partial charge is 0.416 e. The second-order valence-electron chi connectivity index (χ2n) is 3.38. The molecule has 2 nitrogen and oxygen atoms in total. The van der Waals surface area contributed by atoms with Crippen LogP contribution in [0.1, 0.15) is 25.3 Å². The summed E-state index contributed by atoms with van der Waals surface area (Å²) in [7, 11) is 0. The standard InChI is InChI=1S/C11H13F3O2/c1-2-3-6-16-10-5-4-8(7-9(10)15)11(12,13)14/h4-5,7,15H,2-3,6H2,1H3. The fourth-order valence-electron chi connectivity index (χ4n) is 1.14. The van der Waals surface area contributed by atoms with Crippen LogP contribution in [-0.4, -0.2) is 11.7 Å². The Bertz CT molecular complexity index is 348. The van der Waals surface area contributed by atoms with E-state index in [9.17, 15) is 18.3 Å². The quantitative estimate of drug-likeness (QED) is 0.806. The van der Waals surface area contributed by atoms with Crippen LogP contribution in [0, 0.1) is 0 Å². The first-order chi connectivity index (χ1) is 7.45. The summed E-state index contributed by atoms with van der Waals surface area (Å²) in [6.07, 6.45) is -2.73. The number of halogens is 3. The van der Waals surface area contributed by atoms with Gasteiger partial charge in [-0.3, -0.25) is 0 Å². The summed E-state index contributed by atoms with van der Waals surface area (Å²) in [6, 6.07) is 2.69. The number of unbranched alkanes of at least 4 members (excludes halogenated alkanes) is 1. The van der Waals surface area contributed by atoms with Gasteiger partial charge in [0.2, 0.25) is 0 Å². The third-order valence-electron chi connectivity index (χ3n) is 2.04. The molecule has 1 rings (SSSR count). The third-order valence-corrected chi connectivity index (χ3v) is 2.04. The molecule has 0 aliphatic rings. The molecule has 0 aromatic heterocycles. The van der Waals surface area contributed by atoms with Crippen LogP contribution in [0.3, 0.4) is 0 Å². The fourth-order valence-corrected chi connectivity index (χ4v) is 1.14. The zero-order valence-electron chi connectivity index (χ0n) is 8.84. The molecule has 0 amide bonds. The van der Waals surface area contributed by atoms with Gasteiger partial charge in [0.25, 0.3) is 0 Å². The molecule has 0 unspecified atom stereocenters. The number of phenols is 1. The average Bonchev–Trinajstić information content (AvgIpc) is 2.19. The summed E-state index contributed by atoms with van der Waals surface area (Å²) in [6.45, 7) is 2.35. The van der Waals surface area contributed by atoms with Crippen molar-refractivity contribution in [1.82, 2.24) is 0 Å². The molecule has 0 heterocycles.